The average Bonchev–Trinajstić information content (AvgIpc) is 2.73. The molecule has 5 heteroatoms. The Morgan fingerprint density at radius 2 is 2.24 bits per heavy atom. The first kappa shape index (κ1) is 12.0. The number of aromatic nitrogens is 2. The third kappa shape index (κ3) is 3.23. The topological polar surface area (TPSA) is 29.9 Å². The molecule has 0 saturated heterocycles. The number of benzene rings is 1. The van der Waals surface area contributed by atoms with Crippen LogP contribution < -0.4 is 5.32 Å². The van der Waals surface area contributed by atoms with Gasteiger partial charge in [0.2, 0.25) is 0 Å². The zero-order valence-electron chi connectivity index (χ0n) is 9.56. The summed E-state index contributed by atoms with van der Waals surface area (Å²) in [6.07, 6.45) is 3.68. The first-order valence-electron chi connectivity index (χ1n) is 5.36. The van der Waals surface area contributed by atoms with Crippen molar-refractivity contribution in [2.75, 3.05) is 17.6 Å². The molecule has 0 atom stereocenters. The molecule has 1 aromatic heterocycles. The molecule has 90 valence electrons. The van der Waals surface area contributed by atoms with Crippen molar-refractivity contribution >= 4 is 17.4 Å². The number of anilines is 1. The van der Waals surface area contributed by atoms with Crippen LogP contribution in [0.15, 0.2) is 41.8 Å². The van der Waals surface area contributed by atoms with Crippen molar-refractivity contribution in [2.24, 2.45) is 7.05 Å². The SMILES string of the molecule is Cn1ccnc1SCCNc1ccccc1F. The van der Waals surface area contributed by atoms with Crippen molar-refractivity contribution in [1.82, 2.24) is 9.55 Å². The second-order valence-corrected chi connectivity index (χ2v) is 4.64. The number of imidazole rings is 1. The number of aryl methyl sites for hydroxylation is 1. The number of halogens is 1. The molecule has 0 unspecified atom stereocenters. The molecular weight excluding hydrogens is 237 g/mol. The van der Waals surface area contributed by atoms with Crippen LogP contribution in [0.2, 0.25) is 0 Å². The summed E-state index contributed by atoms with van der Waals surface area (Å²) in [6.45, 7) is 0.707. The lowest BCUT2D eigenvalue weighted by Crippen LogP contribution is -2.06. The summed E-state index contributed by atoms with van der Waals surface area (Å²) in [6, 6.07) is 6.69. The minimum atomic E-state index is -0.213. The van der Waals surface area contributed by atoms with Gasteiger partial charge in [-0.15, -0.1) is 0 Å². The molecule has 0 fully saturated rings. The molecule has 0 radical (unpaired) electrons. The quantitative estimate of drug-likeness (QED) is 0.654. The van der Waals surface area contributed by atoms with Gasteiger partial charge in [-0.05, 0) is 12.1 Å². The van der Waals surface area contributed by atoms with Crippen LogP contribution in [-0.4, -0.2) is 21.8 Å². The number of nitrogens with one attached hydrogen (secondary N) is 1. The van der Waals surface area contributed by atoms with Crippen molar-refractivity contribution in [1.29, 1.82) is 0 Å². The molecule has 3 nitrogen and oxygen atoms in total. The van der Waals surface area contributed by atoms with Gasteiger partial charge < -0.3 is 9.88 Å². The van der Waals surface area contributed by atoms with E-state index >= 15 is 0 Å². The smallest absolute Gasteiger partial charge is 0.167 e. The van der Waals surface area contributed by atoms with Gasteiger partial charge in [-0.1, -0.05) is 23.9 Å². The van der Waals surface area contributed by atoms with Crippen molar-refractivity contribution in [2.45, 2.75) is 5.16 Å². The molecule has 2 aromatic rings. The Kier molecular flexibility index (Phi) is 4.03. The fraction of sp³-hybridized carbons (Fsp3) is 0.250. The number of nitrogens with zero attached hydrogens (tertiary/aromatic N) is 2. The number of thioether (sulfide) groups is 1. The third-order valence-electron chi connectivity index (χ3n) is 2.30. The molecular formula is C12H14FN3S. The standard InChI is InChI=1S/C12H14FN3S/c1-16-8-6-15-12(16)17-9-7-14-11-5-3-2-4-10(11)13/h2-6,8,14H,7,9H2,1H3. The minimum absolute atomic E-state index is 0.213. The monoisotopic (exact) mass is 251 g/mol. The first-order valence-corrected chi connectivity index (χ1v) is 6.34. The van der Waals surface area contributed by atoms with Gasteiger partial charge in [0.05, 0.1) is 5.69 Å². The maximum absolute atomic E-state index is 13.3. The van der Waals surface area contributed by atoms with E-state index in [4.69, 9.17) is 0 Å². The Balaban J connectivity index is 1.77. The second kappa shape index (κ2) is 5.72. The van der Waals surface area contributed by atoms with E-state index in [-0.39, 0.29) is 5.82 Å². The summed E-state index contributed by atoms with van der Waals surface area (Å²) in [5.41, 5.74) is 0.549. The predicted octanol–water partition coefficient (Wildman–Crippen LogP) is 2.76. The highest BCUT2D eigenvalue weighted by Crippen LogP contribution is 2.15. The van der Waals surface area contributed by atoms with Crippen LogP contribution in [0.5, 0.6) is 0 Å². The van der Waals surface area contributed by atoms with Crippen LogP contribution in [0, 0.1) is 5.82 Å². The van der Waals surface area contributed by atoms with E-state index in [1.165, 1.54) is 6.07 Å². The highest BCUT2D eigenvalue weighted by Gasteiger charge is 2.01. The Morgan fingerprint density at radius 1 is 1.41 bits per heavy atom. The van der Waals surface area contributed by atoms with Crippen molar-refractivity contribution in [3.8, 4) is 0 Å². The molecule has 0 saturated carbocycles. The molecule has 0 spiro atoms. The van der Waals surface area contributed by atoms with Crippen LogP contribution in [0.4, 0.5) is 10.1 Å². The summed E-state index contributed by atoms with van der Waals surface area (Å²) in [5, 5.41) is 4.03. The van der Waals surface area contributed by atoms with Crippen LogP contribution in [0.25, 0.3) is 0 Å². The summed E-state index contributed by atoms with van der Waals surface area (Å²) in [4.78, 5) is 4.20. The Bertz CT molecular complexity index is 484. The van der Waals surface area contributed by atoms with E-state index in [1.807, 2.05) is 23.9 Å². The highest BCUT2D eigenvalue weighted by atomic mass is 32.2. The average molecular weight is 251 g/mol. The van der Waals surface area contributed by atoms with Gasteiger partial charge in [-0.25, -0.2) is 9.37 Å². The van der Waals surface area contributed by atoms with E-state index < -0.39 is 0 Å². The Hall–Kier alpha value is -1.49. The minimum Gasteiger partial charge on any atom is -0.382 e. The van der Waals surface area contributed by atoms with E-state index in [0.717, 1.165) is 10.9 Å². The summed E-state index contributed by atoms with van der Waals surface area (Å²) >= 11 is 1.65. The van der Waals surface area contributed by atoms with E-state index in [0.29, 0.717) is 12.2 Å². The zero-order chi connectivity index (χ0) is 12.1. The molecule has 0 aliphatic carbocycles. The Morgan fingerprint density at radius 3 is 2.94 bits per heavy atom. The predicted molar refractivity (Wildman–Crippen MR) is 68.8 cm³/mol. The largest absolute Gasteiger partial charge is 0.382 e. The molecule has 0 bridgehead atoms. The first-order chi connectivity index (χ1) is 8.27. The number of rotatable bonds is 5. The molecule has 17 heavy (non-hydrogen) atoms. The fourth-order valence-corrected chi connectivity index (χ4v) is 2.21. The van der Waals surface area contributed by atoms with Gasteiger partial charge in [-0.3, -0.25) is 0 Å². The molecule has 2 rings (SSSR count). The number of para-hydroxylation sites is 1. The lowest BCUT2D eigenvalue weighted by atomic mass is 10.3. The van der Waals surface area contributed by atoms with Crippen molar-refractivity contribution in [3.63, 3.8) is 0 Å². The van der Waals surface area contributed by atoms with E-state index in [9.17, 15) is 4.39 Å². The molecule has 1 N–H and O–H groups in total. The molecule has 1 aromatic carbocycles. The van der Waals surface area contributed by atoms with Gasteiger partial charge in [0.15, 0.2) is 5.16 Å². The molecule has 0 amide bonds. The van der Waals surface area contributed by atoms with Crippen LogP contribution in [0.1, 0.15) is 0 Å². The molecule has 1 heterocycles. The van der Waals surface area contributed by atoms with Crippen molar-refractivity contribution < 1.29 is 4.39 Å². The van der Waals surface area contributed by atoms with Gasteiger partial charge in [0, 0.05) is 31.7 Å². The highest BCUT2D eigenvalue weighted by molar-refractivity contribution is 7.99. The van der Waals surface area contributed by atoms with Gasteiger partial charge >= 0.3 is 0 Å². The summed E-state index contributed by atoms with van der Waals surface area (Å²) < 4.78 is 15.2. The van der Waals surface area contributed by atoms with E-state index in [2.05, 4.69) is 10.3 Å². The zero-order valence-corrected chi connectivity index (χ0v) is 10.4. The van der Waals surface area contributed by atoms with Crippen LogP contribution in [0.3, 0.4) is 0 Å². The van der Waals surface area contributed by atoms with E-state index in [1.54, 1.807) is 30.1 Å². The summed E-state index contributed by atoms with van der Waals surface area (Å²) in [5.74, 6) is 0.633. The lowest BCUT2D eigenvalue weighted by Gasteiger charge is -2.06. The van der Waals surface area contributed by atoms with Gasteiger partial charge in [0.1, 0.15) is 5.82 Å². The van der Waals surface area contributed by atoms with Gasteiger partial charge in [-0.2, -0.15) is 0 Å². The van der Waals surface area contributed by atoms with Crippen LogP contribution >= 0.6 is 11.8 Å². The van der Waals surface area contributed by atoms with Crippen molar-refractivity contribution in [3.05, 3.63) is 42.5 Å². The lowest BCUT2D eigenvalue weighted by molar-refractivity contribution is 0.630. The number of hydrogen-bond acceptors (Lipinski definition) is 3. The number of hydrogen-bond donors (Lipinski definition) is 1. The third-order valence-corrected chi connectivity index (χ3v) is 3.36. The fourth-order valence-electron chi connectivity index (χ4n) is 1.42. The molecule has 0 aliphatic heterocycles. The molecule has 0 aliphatic rings. The Labute approximate surface area is 104 Å². The van der Waals surface area contributed by atoms with Crippen LogP contribution in [-0.2, 0) is 7.05 Å². The maximum atomic E-state index is 13.3. The normalized spacial score (nSPS) is 10.5. The van der Waals surface area contributed by atoms with Gasteiger partial charge in [0.25, 0.3) is 0 Å². The maximum Gasteiger partial charge on any atom is 0.167 e. The summed E-state index contributed by atoms with van der Waals surface area (Å²) in [7, 11) is 1.96. The second-order valence-electron chi connectivity index (χ2n) is 3.58.